The van der Waals surface area contributed by atoms with E-state index in [2.05, 4.69) is 0 Å². The highest BCUT2D eigenvalue weighted by Gasteiger charge is 2.25. The quantitative estimate of drug-likeness (QED) is 0.863. The van der Waals surface area contributed by atoms with Gasteiger partial charge in [0, 0.05) is 25.8 Å². The average molecular weight is 265 g/mol. The van der Waals surface area contributed by atoms with Crippen LogP contribution in [0.25, 0.3) is 0 Å². The van der Waals surface area contributed by atoms with E-state index >= 15 is 0 Å². The number of carbonyl (C=O) groups is 1. The summed E-state index contributed by atoms with van der Waals surface area (Å²) >= 11 is 0. The van der Waals surface area contributed by atoms with Crippen LogP contribution in [-0.2, 0) is 0 Å². The molecule has 104 valence electrons. The van der Waals surface area contributed by atoms with E-state index in [9.17, 15) is 15.0 Å². The van der Waals surface area contributed by atoms with Crippen LogP contribution < -0.4 is 4.74 Å². The number of aliphatic hydroxyl groups excluding tert-OH is 1. The third-order valence-electron chi connectivity index (χ3n) is 3.50. The topological polar surface area (TPSA) is 70.0 Å². The summed E-state index contributed by atoms with van der Waals surface area (Å²) in [6.07, 6.45) is 1.82. The van der Waals surface area contributed by atoms with Gasteiger partial charge in [-0.1, -0.05) is 0 Å². The summed E-state index contributed by atoms with van der Waals surface area (Å²) < 4.78 is 4.99. The molecular formula is C14H19NO4. The molecule has 1 aromatic rings. The molecule has 1 unspecified atom stereocenters. The molecule has 0 aliphatic carbocycles. The van der Waals surface area contributed by atoms with E-state index < -0.39 is 0 Å². The molecule has 1 aliphatic rings. The lowest BCUT2D eigenvalue weighted by molar-refractivity contribution is 0.0618. The van der Waals surface area contributed by atoms with Gasteiger partial charge in [-0.05, 0) is 30.9 Å². The van der Waals surface area contributed by atoms with Crippen molar-refractivity contribution in [3.05, 3.63) is 23.8 Å². The fourth-order valence-electron chi connectivity index (χ4n) is 2.39. The Kier molecular flexibility index (Phi) is 4.27. The second-order valence-corrected chi connectivity index (χ2v) is 4.83. The Bertz CT molecular complexity index is 461. The molecule has 0 bridgehead atoms. The largest absolute Gasteiger partial charge is 0.507 e. The van der Waals surface area contributed by atoms with E-state index in [1.807, 2.05) is 0 Å². The van der Waals surface area contributed by atoms with Crippen molar-refractivity contribution in [3.8, 4) is 11.5 Å². The number of aromatic hydroxyl groups is 1. The van der Waals surface area contributed by atoms with Crippen LogP contribution in [0.1, 0.15) is 23.2 Å². The molecule has 1 heterocycles. The number of aliphatic hydroxyl groups is 1. The highest BCUT2D eigenvalue weighted by Crippen LogP contribution is 2.26. The number of phenols is 1. The SMILES string of the molecule is COc1ccc(C(=O)N2CCCC(CO)C2)c(O)c1. The molecule has 1 amide bonds. The highest BCUT2D eigenvalue weighted by molar-refractivity contribution is 5.97. The van der Waals surface area contributed by atoms with Crippen molar-refractivity contribution in [2.24, 2.45) is 5.92 Å². The number of phenolic OH excluding ortho intramolecular Hbond substituents is 1. The van der Waals surface area contributed by atoms with Gasteiger partial charge in [0.1, 0.15) is 11.5 Å². The zero-order valence-electron chi connectivity index (χ0n) is 11.0. The minimum atomic E-state index is -0.196. The normalized spacial score (nSPS) is 19.3. The number of amides is 1. The highest BCUT2D eigenvalue weighted by atomic mass is 16.5. The summed E-state index contributed by atoms with van der Waals surface area (Å²) in [5.74, 6) is 0.382. The third-order valence-corrected chi connectivity index (χ3v) is 3.50. The van der Waals surface area contributed by atoms with Gasteiger partial charge in [-0.25, -0.2) is 0 Å². The van der Waals surface area contributed by atoms with Gasteiger partial charge in [0.25, 0.3) is 5.91 Å². The van der Waals surface area contributed by atoms with E-state index in [1.54, 1.807) is 17.0 Å². The molecule has 5 heteroatoms. The molecule has 2 rings (SSSR count). The van der Waals surface area contributed by atoms with Crippen LogP contribution in [0.2, 0.25) is 0 Å². The van der Waals surface area contributed by atoms with Crippen LogP contribution >= 0.6 is 0 Å². The van der Waals surface area contributed by atoms with E-state index in [-0.39, 0.29) is 29.7 Å². The van der Waals surface area contributed by atoms with Crippen LogP contribution in [0.3, 0.4) is 0 Å². The van der Waals surface area contributed by atoms with Gasteiger partial charge in [0.15, 0.2) is 0 Å². The molecule has 5 nitrogen and oxygen atoms in total. The zero-order valence-corrected chi connectivity index (χ0v) is 11.0. The van der Waals surface area contributed by atoms with Gasteiger partial charge in [-0.2, -0.15) is 0 Å². The molecular weight excluding hydrogens is 246 g/mol. The van der Waals surface area contributed by atoms with Crippen molar-refractivity contribution in [3.63, 3.8) is 0 Å². The smallest absolute Gasteiger partial charge is 0.257 e. The number of hydrogen-bond donors (Lipinski definition) is 2. The number of piperidine rings is 1. The minimum absolute atomic E-state index is 0.0736. The molecule has 0 aromatic heterocycles. The number of likely N-dealkylation sites (tertiary alicyclic amines) is 1. The lowest BCUT2D eigenvalue weighted by Crippen LogP contribution is -2.40. The summed E-state index contributed by atoms with van der Waals surface area (Å²) in [6, 6.07) is 4.65. The van der Waals surface area contributed by atoms with Crippen molar-refractivity contribution < 1.29 is 19.7 Å². The van der Waals surface area contributed by atoms with Gasteiger partial charge in [0.2, 0.25) is 0 Å². The van der Waals surface area contributed by atoms with Gasteiger partial charge in [0.05, 0.1) is 12.7 Å². The maximum atomic E-state index is 12.3. The molecule has 1 fully saturated rings. The van der Waals surface area contributed by atoms with Crippen LogP contribution in [0.4, 0.5) is 0 Å². The Balaban J connectivity index is 2.15. The second-order valence-electron chi connectivity index (χ2n) is 4.83. The molecule has 0 spiro atoms. The van der Waals surface area contributed by atoms with E-state index in [1.165, 1.54) is 13.2 Å². The lowest BCUT2D eigenvalue weighted by Gasteiger charge is -2.32. The first-order chi connectivity index (χ1) is 9.15. The summed E-state index contributed by atoms with van der Waals surface area (Å²) in [4.78, 5) is 14.0. The van der Waals surface area contributed by atoms with Gasteiger partial charge in [-0.15, -0.1) is 0 Å². The Morgan fingerprint density at radius 3 is 2.95 bits per heavy atom. The van der Waals surface area contributed by atoms with Crippen molar-refractivity contribution in [1.82, 2.24) is 4.90 Å². The predicted molar refractivity (Wildman–Crippen MR) is 70.4 cm³/mol. The number of benzene rings is 1. The average Bonchev–Trinajstić information content (AvgIpc) is 2.46. The molecule has 0 radical (unpaired) electrons. The first kappa shape index (κ1) is 13.7. The Hall–Kier alpha value is -1.75. The monoisotopic (exact) mass is 265 g/mol. The van der Waals surface area contributed by atoms with Crippen LogP contribution in [-0.4, -0.2) is 47.8 Å². The molecule has 1 atom stereocenters. The minimum Gasteiger partial charge on any atom is -0.507 e. The third kappa shape index (κ3) is 2.98. The van der Waals surface area contributed by atoms with Crippen molar-refractivity contribution in [2.45, 2.75) is 12.8 Å². The summed E-state index contributed by atoms with van der Waals surface area (Å²) in [5.41, 5.74) is 0.277. The van der Waals surface area contributed by atoms with Gasteiger partial charge in [-0.3, -0.25) is 4.79 Å². The predicted octanol–water partition coefficient (Wildman–Crippen LogP) is 1.25. The van der Waals surface area contributed by atoms with Crippen molar-refractivity contribution >= 4 is 5.91 Å². The zero-order chi connectivity index (χ0) is 13.8. The molecule has 19 heavy (non-hydrogen) atoms. The summed E-state index contributed by atoms with van der Waals surface area (Å²) in [7, 11) is 1.51. The van der Waals surface area contributed by atoms with E-state index in [0.717, 1.165) is 12.8 Å². The summed E-state index contributed by atoms with van der Waals surface area (Å²) in [5, 5.41) is 19.0. The Morgan fingerprint density at radius 2 is 2.32 bits per heavy atom. The number of rotatable bonds is 3. The molecule has 2 N–H and O–H groups in total. The maximum absolute atomic E-state index is 12.3. The van der Waals surface area contributed by atoms with E-state index in [4.69, 9.17) is 4.74 Å². The van der Waals surface area contributed by atoms with Gasteiger partial charge < -0.3 is 19.8 Å². The van der Waals surface area contributed by atoms with Crippen LogP contribution in [0.15, 0.2) is 18.2 Å². The fraction of sp³-hybridized carbons (Fsp3) is 0.500. The second kappa shape index (κ2) is 5.93. The lowest BCUT2D eigenvalue weighted by atomic mass is 9.98. The van der Waals surface area contributed by atoms with Crippen molar-refractivity contribution in [2.75, 3.05) is 26.8 Å². The van der Waals surface area contributed by atoms with Crippen LogP contribution in [0.5, 0.6) is 11.5 Å². The molecule has 1 aliphatic heterocycles. The number of nitrogens with zero attached hydrogens (tertiary/aromatic N) is 1. The van der Waals surface area contributed by atoms with Crippen LogP contribution in [0, 0.1) is 5.92 Å². The maximum Gasteiger partial charge on any atom is 0.257 e. The fourth-order valence-corrected chi connectivity index (χ4v) is 2.39. The van der Waals surface area contributed by atoms with Crippen molar-refractivity contribution in [1.29, 1.82) is 0 Å². The number of methoxy groups -OCH3 is 1. The Labute approximate surface area is 112 Å². The molecule has 0 saturated carbocycles. The molecule has 1 saturated heterocycles. The first-order valence-corrected chi connectivity index (χ1v) is 6.43. The summed E-state index contributed by atoms with van der Waals surface area (Å²) in [6.45, 7) is 1.31. The van der Waals surface area contributed by atoms with E-state index in [0.29, 0.717) is 18.8 Å². The number of hydrogen-bond acceptors (Lipinski definition) is 4. The number of carbonyl (C=O) groups excluding carboxylic acids is 1. The Morgan fingerprint density at radius 1 is 1.53 bits per heavy atom. The molecule has 1 aromatic carbocycles. The number of ether oxygens (including phenoxy) is 1. The first-order valence-electron chi connectivity index (χ1n) is 6.43. The standard InChI is InChI=1S/C14H19NO4/c1-19-11-4-5-12(13(17)7-11)14(18)15-6-2-3-10(8-15)9-16/h4-5,7,10,16-17H,2-3,6,8-9H2,1H3. The van der Waals surface area contributed by atoms with Gasteiger partial charge >= 0.3 is 0 Å².